The fourth-order valence-electron chi connectivity index (χ4n) is 2.44. The molecule has 0 saturated carbocycles. The summed E-state index contributed by atoms with van der Waals surface area (Å²) >= 11 is 0. The lowest BCUT2D eigenvalue weighted by molar-refractivity contribution is 0.0520. The summed E-state index contributed by atoms with van der Waals surface area (Å²) in [6.07, 6.45) is -0.255. The molecular weight excluding hydrogens is 426 g/mol. The third-order valence-corrected chi connectivity index (χ3v) is 6.97. The van der Waals surface area contributed by atoms with Gasteiger partial charge in [0.15, 0.2) is 0 Å². The Morgan fingerprint density at radius 3 is 1.83 bits per heavy atom. The predicted octanol–water partition coefficient (Wildman–Crippen LogP) is 5.09. The van der Waals surface area contributed by atoms with Crippen molar-refractivity contribution in [3.8, 4) is 5.95 Å². The van der Waals surface area contributed by atoms with Crippen molar-refractivity contribution in [1.29, 1.82) is 0 Å². The molecule has 1 rings (SSSR count). The zero-order valence-corrected chi connectivity index (χ0v) is 19.5. The quantitative estimate of drug-likeness (QED) is 0.276. The molecule has 12 heteroatoms. The number of rotatable bonds is 14. The SMILES string of the molecule is CCOC(=O)c1c(OP(=O)(OCC)OCC)oc(C)c1CP(=O)(OCC)OCC. The van der Waals surface area contributed by atoms with Crippen LogP contribution < -0.4 is 4.52 Å². The molecule has 0 aliphatic carbocycles. The highest BCUT2D eigenvalue weighted by Crippen LogP contribution is 2.55. The second kappa shape index (κ2) is 11.9. The number of aryl methyl sites for hydroxylation is 1. The number of hydrogen-bond acceptors (Lipinski definition) is 10. The third-order valence-electron chi connectivity index (χ3n) is 3.43. The van der Waals surface area contributed by atoms with Gasteiger partial charge in [0.2, 0.25) is 0 Å². The Labute approximate surface area is 171 Å². The minimum Gasteiger partial charge on any atom is -0.462 e. The van der Waals surface area contributed by atoms with E-state index in [1.54, 1.807) is 41.5 Å². The van der Waals surface area contributed by atoms with Gasteiger partial charge in [-0.15, -0.1) is 0 Å². The van der Waals surface area contributed by atoms with Gasteiger partial charge in [-0.3, -0.25) is 13.6 Å². The van der Waals surface area contributed by atoms with Crippen LogP contribution in [0.2, 0.25) is 0 Å². The summed E-state index contributed by atoms with van der Waals surface area (Å²) in [7, 11) is -7.61. The Hall–Kier alpha value is -1.15. The van der Waals surface area contributed by atoms with E-state index in [9.17, 15) is 13.9 Å². The van der Waals surface area contributed by atoms with Crippen LogP contribution in [0.1, 0.15) is 56.3 Å². The van der Waals surface area contributed by atoms with Crippen molar-refractivity contribution in [3.05, 3.63) is 16.9 Å². The van der Waals surface area contributed by atoms with Gasteiger partial charge in [0.25, 0.3) is 0 Å². The second-order valence-electron chi connectivity index (χ2n) is 5.50. The minimum atomic E-state index is -4.04. The predicted molar refractivity (Wildman–Crippen MR) is 105 cm³/mol. The average molecular weight is 456 g/mol. The van der Waals surface area contributed by atoms with E-state index in [2.05, 4.69) is 0 Å². The Kier molecular flexibility index (Phi) is 10.6. The molecule has 10 nitrogen and oxygen atoms in total. The molecular formula is C17H30O10P2. The van der Waals surface area contributed by atoms with E-state index < -0.39 is 27.3 Å². The van der Waals surface area contributed by atoms with Gasteiger partial charge < -0.3 is 22.7 Å². The molecule has 29 heavy (non-hydrogen) atoms. The number of esters is 1. The zero-order chi connectivity index (χ0) is 22.1. The first-order valence-electron chi connectivity index (χ1n) is 9.45. The van der Waals surface area contributed by atoms with Crippen LogP contribution in [0.3, 0.4) is 0 Å². The number of ether oxygens (including phenoxy) is 1. The summed E-state index contributed by atoms with van der Waals surface area (Å²) in [6, 6.07) is 0. The van der Waals surface area contributed by atoms with Crippen LogP contribution in [0.4, 0.5) is 0 Å². The van der Waals surface area contributed by atoms with Crippen molar-refractivity contribution in [2.75, 3.05) is 33.0 Å². The van der Waals surface area contributed by atoms with Gasteiger partial charge in [-0.1, -0.05) is 0 Å². The van der Waals surface area contributed by atoms with Crippen LogP contribution >= 0.6 is 15.4 Å². The van der Waals surface area contributed by atoms with Crippen molar-refractivity contribution >= 4 is 21.4 Å². The summed E-state index contributed by atoms with van der Waals surface area (Å²) in [5, 5.41) is 0. The van der Waals surface area contributed by atoms with Gasteiger partial charge in [-0.2, -0.15) is 0 Å². The molecule has 0 fully saturated rings. The van der Waals surface area contributed by atoms with Crippen LogP contribution in [0.25, 0.3) is 0 Å². The molecule has 0 aliphatic rings. The van der Waals surface area contributed by atoms with E-state index in [1.807, 2.05) is 0 Å². The molecule has 0 spiro atoms. The summed E-state index contributed by atoms with van der Waals surface area (Å²) in [4.78, 5) is 12.6. The van der Waals surface area contributed by atoms with E-state index in [1.165, 1.54) is 0 Å². The van der Waals surface area contributed by atoms with Crippen LogP contribution in [-0.4, -0.2) is 39.0 Å². The van der Waals surface area contributed by atoms with Crippen molar-refractivity contribution in [3.63, 3.8) is 0 Å². The van der Waals surface area contributed by atoms with Crippen molar-refractivity contribution in [2.45, 2.75) is 47.7 Å². The molecule has 1 aromatic heterocycles. The molecule has 0 amide bonds. The normalized spacial score (nSPS) is 12.2. The largest absolute Gasteiger partial charge is 0.532 e. The molecule has 1 aromatic rings. The number of hydrogen-bond donors (Lipinski definition) is 0. The lowest BCUT2D eigenvalue weighted by atomic mass is 10.2. The molecule has 0 aromatic carbocycles. The van der Waals surface area contributed by atoms with Gasteiger partial charge in [-0.05, 0) is 41.5 Å². The molecule has 0 radical (unpaired) electrons. The first kappa shape index (κ1) is 25.9. The maximum Gasteiger partial charge on any atom is 0.532 e. The van der Waals surface area contributed by atoms with Gasteiger partial charge in [-0.25, -0.2) is 9.36 Å². The highest BCUT2D eigenvalue weighted by molar-refractivity contribution is 7.53. The summed E-state index contributed by atoms with van der Waals surface area (Å²) < 4.78 is 62.5. The van der Waals surface area contributed by atoms with Gasteiger partial charge >= 0.3 is 27.3 Å². The third kappa shape index (κ3) is 7.24. The summed E-state index contributed by atoms with van der Waals surface area (Å²) in [5.41, 5.74) is 0.0480. The summed E-state index contributed by atoms with van der Waals surface area (Å²) in [6.45, 7) is 10.2. The monoisotopic (exact) mass is 456 g/mol. The minimum absolute atomic E-state index is 0.0441. The second-order valence-corrected chi connectivity index (χ2v) is 9.15. The van der Waals surface area contributed by atoms with Crippen LogP contribution in [0.5, 0.6) is 5.95 Å². The van der Waals surface area contributed by atoms with Crippen LogP contribution in [-0.2, 0) is 38.1 Å². The average Bonchev–Trinajstić information content (AvgIpc) is 2.90. The highest BCUT2D eigenvalue weighted by Gasteiger charge is 2.38. The Morgan fingerprint density at radius 1 is 0.862 bits per heavy atom. The lowest BCUT2D eigenvalue weighted by Gasteiger charge is -2.17. The smallest absolute Gasteiger partial charge is 0.462 e. The number of phosphoric acid groups is 1. The number of furan rings is 1. The maximum absolute atomic E-state index is 13.0. The van der Waals surface area contributed by atoms with E-state index in [0.29, 0.717) is 0 Å². The zero-order valence-electron chi connectivity index (χ0n) is 17.7. The van der Waals surface area contributed by atoms with Gasteiger partial charge in [0.1, 0.15) is 11.3 Å². The molecule has 0 saturated heterocycles. The van der Waals surface area contributed by atoms with Crippen LogP contribution in [0.15, 0.2) is 4.42 Å². The molecule has 168 valence electrons. The maximum atomic E-state index is 13.0. The van der Waals surface area contributed by atoms with E-state index >= 15 is 0 Å². The van der Waals surface area contributed by atoms with Crippen molar-refractivity contribution < 1.29 is 45.7 Å². The van der Waals surface area contributed by atoms with Crippen LogP contribution in [0, 0.1) is 6.92 Å². The number of carbonyl (C=O) groups is 1. The molecule has 0 atom stereocenters. The highest BCUT2D eigenvalue weighted by atomic mass is 31.2. The number of carbonyl (C=O) groups excluding carboxylic acids is 1. The fourth-order valence-corrected chi connectivity index (χ4v) is 5.39. The first-order valence-corrected chi connectivity index (χ1v) is 12.6. The Balaban J connectivity index is 3.45. The summed E-state index contributed by atoms with van der Waals surface area (Å²) in [5.74, 6) is -0.989. The van der Waals surface area contributed by atoms with E-state index in [-0.39, 0.29) is 56.1 Å². The molecule has 0 N–H and O–H groups in total. The standard InChI is InChI=1S/C17H30O10P2/c1-7-21-16(18)15-14(12-28(19,22-8-2)23-9-3)13(6)26-17(15)27-29(20,24-10-4)25-11-5/h7-12H2,1-6H3. The molecule has 0 aliphatic heterocycles. The Bertz CT molecular complexity index is 738. The fraction of sp³-hybridized carbons (Fsp3) is 0.706. The van der Waals surface area contributed by atoms with E-state index in [4.69, 9.17) is 31.8 Å². The molecule has 0 bridgehead atoms. The van der Waals surface area contributed by atoms with Gasteiger partial charge in [0.05, 0.1) is 39.2 Å². The molecule has 0 unspecified atom stereocenters. The van der Waals surface area contributed by atoms with E-state index in [0.717, 1.165) is 0 Å². The van der Waals surface area contributed by atoms with Crippen molar-refractivity contribution in [2.24, 2.45) is 0 Å². The van der Waals surface area contributed by atoms with Gasteiger partial charge in [0, 0.05) is 5.56 Å². The lowest BCUT2D eigenvalue weighted by Crippen LogP contribution is -2.10. The first-order chi connectivity index (χ1) is 13.7. The Morgan fingerprint density at radius 2 is 1.38 bits per heavy atom. The topological polar surface area (TPSA) is 120 Å². The van der Waals surface area contributed by atoms with Crippen molar-refractivity contribution in [1.82, 2.24) is 0 Å². The number of phosphoric ester groups is 1. The molecule has 1 heterocycles.